The zero-order chi connectivity index (χ0) is 18.1. The van der Waals surface area contributed by atoms with Crippen LogP contribution in [0.15, 0.2) is 29.1 Å². The largest absolute Gasteiger partial charge is 0.350 e. The number of nitrogens with one attached hydrogen (secondary N) is 1. The fraction of sp³-hybridized carbons (Fsp3) is 0.294. The minimum absolute atomic E-state index is 0.108. The third kappa shape index (κ3) is 3.34. The minimum Gasteiger partial charge on any atom is -0.350 e. The van der Waals surface area contributed by atoms with Gasteiger partial charge in [0.25, 0.3) is 0 Å². The van der Waals surface area contributed by atoms with Crippen LogP contribution in [0.4, 0.5) is 11.5 Å². The normalized spacial score (nSPS) is 10.9. The highest BCUT2D eigenvalue weighted by Crippen LogP contribution is 2.28. The number of hydrogen-bond acceptors (Lipinski definition) is 5. The molecule has 0 fully saturated rings. The molecule has 8 heteroatoms. The number of halogens is 1. The van der Waals surface area contributed by atoms with Gasteiger partial charge >= 0.3 is 0 Å². The number of carbonyl (C=O) groups is 1. The van der Waals surface area contributed by atoms with Crippen molar-refractivity contribution in [3.8, 4) is 0 Å². The summed E-state index contributed by atoms with van der Waals surface area (Å²) in [4.78, 5) is 22.8. The molecular formula is C17H19BrN6O. The van der Waals surface area contributed by atoms with Crippen LogP contribution >= 0.6 is 15.9 Å². The maximum atomic E-state index is 12.5. The average molecular weight is 403 g/mol. The third-order valence-corrected chi connectivity index (χ3v) is 4.73. The SMILES string of the molecule is Cc1cccc(NC(=O)CN(C)c2ncnc3c2c(Br)nn3C)c1C. The average Bonchev–Trinajstić information content (AvgIpc) is 2.86. The van der Waals surface area contributed by atoms with Crippen molar-refractivity contribution in [2.75, 3.05) is 23.8 Å². The number of benzene rings is 1. The van der Waals surface area contributed by atoms with E-state index in [0.29, 0.717) is 16.1 Å². The molecule has 0 atom stereocenters. The molecule has 2 aromatic heterocycles. The van der Waals surface area contributed by atoms with Crippen molar-refractivity contribution in [1.82, 2.24) is 19.7 Å². The van der Waals surface area contributed by atoms with Gasteiger partial charge in [0.1, 0.15) is 16.7 Å². The molecule has 2 heterocycles. The lowest BCUT2D eigenvalue weighted by molar-refractivity contribution is -0.114. The lowest BCUT2D eigenvalue weighted by atomic mass is 10.1. The van der Waals surface area contributed by atoms with Gasteiger partial charge in [0.2, 0.25) is 5.91 Å². The summed E-state index contributed by atoms with van der Waals surface area (Å²) in [6.07, 6.45) is 1.48. The van der Waals surface area contributed by atoms with Gasteiger partial charge in [-0.1, -0.05) is 12.1 Å². The molecule has 0 radical (unpaired) electrons. The molecule has 0 spiro atoms. The molecule has 1 N–H and O–H groups in total. The monoisotopic (exact) mass is 402 g/mol. The first-order chi connectivity index (χ1) is 11.9. The second kappa shape index (κ2) is 6.79. The number of aromatic nitrogens is 4. The van der Waals surface area contributed by atoms with Crippen molar-refractivity contribution in [1.29, 1.82) is 0 Å². The van der Waals surface area contributed by atoms with E-state index in [0.717, 1.165) is 22.2 Å². The van der Waals surface area contributed by atoms with Gasteiger partial charge in [-0.3, -0.25) is 4.79 Å². The fourth-order valence-corrected chi connectivity index (χ4v) is 3.27. The van der Waals surface area contributed by atoms with Gasteiger partial charge in [0.05, 0.1) is 11.9 Å². The Morgan fingerprint density at radius 3 is 2.84 bits per heavy atom. The first kappa shape index (κ1) is 17.3. The van der Waals surface area contributed by atoms with Crippen LogP contribution in [-0.4, -0.2) is 39.2 Å². The molecule has 3 rings (SSSR count). The maximum absolute atomic E-state index is 12.5. The summed E-state index contributed by atoms with van der Waals surface area (Å²) in [6, 6.07) is 5.86. The topological polar surface area (TPSA) is 75.9 Å². The van der Waals surface area contributed by atoms with Crippen molar-refractivity contribution in [2.24, 2.45) is 7.05 Å². The van der Waals surface area contributed by atoms with E-state index in [4.69, 9.17) is 0 Å². The van der Waals surface area contributed by atoms with Crippen LogP contribution in [0.5, 0.6) is 0 Å². The van der Waals surface area contributed by atoms with Crippen LogP contribution in [0.25, 0.3) is 11.0 Å². The number of carbonyl (C=O) groups excluding carboxylic acids is 1. The third-order valence-electron chi connectivity index (χ3n) is 4.18. The summed E-state index contributed by atoms with van der Waals surface area (Å²) >= 11 is 3.44. The second-order valence-electron chi connectivity index (χ2n) is 5.96. The zero-order valence-corrected chi connectivity index (χ0v) is 16.1. The standard InChI is InChI=1S/C17H19BrN6O/c1-10-6-5-7-12(11(10)2)21-13(25)8-23(3)16-14-15(18)22-24(4)17(14)20-9-19-16/h5-7,9H,8H2,1-4H3,(H,21,25). The Hall–Kier alpha value is -2.48. The number of fused-ring (bicyclic) bond motifs is 1. The number of anilines is 2. The van der Waals surface area contributed by atoms with E-state index in [1.165, 1.54) is 6.33 Å². The smallest absolute Gasteiger partial charge is 0.243 e. The maximum Gasteiger partial charge on any atom is 0.243 e. The number of hydrogen-bond donors (Lipinski definition) is 1. The summed E-state index contributed by atoms with van der Waals surface area (Å²) in [5.41, 5.74) is 3.74. The van der Waals surface area contributed by atoms with Crippen molar-refractivity contribution in [3.63, 3.8) is 0 Å². The summed E-state index contributed by atoms with van der Waals surface area (Å²) in [6.45, 7) is 4.19. The lowest BCUT2D eigenvalue weighted by Crippen LogP contribution is -2.31. The van der Waals surface area contributed by atoms with Gasteiger partial charge in [-0.05, 0) is 47.0 Å². The quantitative estimate of drug-likeness (QED) is 0.725. The predicted octanol–water partition coefficient (Wildman–Crippen LogP) is 2.82. The van der Waals surface area contributed by atoms with Crippen LogP contribution in [-0.2, 0) is 11.8 Å². The van der Waals surface area contributed by atoms with Crippen molar-refractivity contribution < 1.29 is 4.79 Å². The molecule has 0 saturated heterocycles. The lowest BCUT2D eigenvalue weighted by Gasteiger charge is -2.19. The Bertz CT molecular complexity index is 952. The summed E-state index contributed by atoms with van der Waals surface area (Å²) in [7, 11) is 3.64. The van der Waals surface area contributed by atoms with Crippen LogP contribution in [0.2, 0.25) is 0 Å². The number of amides is 1. The number of nitrogens with zero attached hydrogens (tertiary/aromatic N) is 5. The van der Waals surface area contributed by atoms with Crippen molar-refractivity contribution in [3.05, 3.63) is 40.3 Å². The summed E-state index contributed by atoms with van der Waals surface area (Å²) in [5, 5.41) is 8.05. The van der Waals surface area contributed by atoms with Gasteiger partial charge in [-0.15, -0.1) is 0 Å². The number of likely N-dealkylation sites (N-methyl/N-ethyl adjacent to an activating group) is 1. The molecule has 0 aliphatic carbocycles. The molecule has 1 amide bonds. The molecule has 0 aliphatic heterocycles. The van der Waals surface area contributed by atoms with Gasteiger partial charge in [0, 0.05) is 19.8 Å². The molecule has 0 saturated carbocycles. The molecule has 25 heavy (non-hydrogen) atoms. The number of aryl methyl sites for hydroxylation is 2. The Balaban J connectivity index is 1.82. The highest BCUT2D eigenvalue weighted by Gasteiger charge is 2.18. The Kier molecular flexibility index (Phi) is 4.71. The Morgan fingerprint density at radius 1 is 1.32 bits per heavy atom. The van der Waals surface area contributed by atoms with E-state index < -0.39 is 0 Å². The van der Waals surface area contributed by atoms with Gasteiger partial charge < -0.3 is 10.2 Å². The van der Waals surface area contributed by atoms with E-state index in [2.05, 4.69) is 36.3 Å². The van der Waals surface area contributed by atoms with E-state index in [1.807, 2.05) is 46.1 Å². The van der Waals surface area contributed by atoms with E-state index in [9.17, 15) is 4.79 Å². The molecule has 7 nitrogen and oxygen atoms in total. The highest BCUT2D eigenvalue weighted by molar-refractivity contribution is 9.10. The predicted molar refractivity (Wildman–Crippen MR) is 102 cm³/mol. The van der Waals surface area contributed by atoms with E-state index in [1.54, 1.807) is 9.58 Å². The first-order valence-corrected chi connectivity index (χ1v) is 8.58. The number of rotatable bonds is 4. The zero-order valence-electron chi connectivity index (χ0n) is 14.5. The minimum atomic E-state index is -0.108. The van der Waals surface area contributed by atoms with Crippen LogP contribution in [0, 0.1) is 13.8 Å². The second-order valence-corrected chi connectivity index (χ2v) is 6.71. The van der Waals surface area contributed by atoms with Crippen LogP contribution in [0.3, 0.4) is 0 Å². The summed E-state index contributed by atoms with van der Waals surface area (Å²) in [5.74, 6) is 0.545. The molecule has 3 aromatic rings. The van der Waals surface area contributed by atoms with Crippen LogP contribution in [0.1, 0.15) is 11.1 Å². The van der Waals surface area contributed by atoms with E-state index >= 15 is 0 Å². The summed E-state index contributed by atoms with van der Waals surface area (Å²) < 4.78 is 2.33. The molecule has 130 valence electrons. The van der Waals surface area contributed by atoms with Crippen molar-refractivity contribution >= 4 is 44.4 Å². The van der Waals surface area contributed by atoms with Gasteiger partial charge in [0.15, 0.2) is 5.65 Å². The van der Waals surface area contributed by atoms with Gasteiger partial charge in [-0.25, -0.2) is 14.6 Å². The Morgan fingerprint density at radius 2 is 2.08 bits per heavy atom. The first-order valence-electron chi connectivity index (χ1n) is 7.79. The van der Waals surface area contributed by atoms with Crippen molar-refractivity contribution in [2.45, 2.75) is 13.8 Å². The fourth-order valence-electron chi connectivity index (χ4n) is 2.68. The van der Waals surface area contributed by atoms with Gasteiger partial charge in [-0.2, -0.15) is 5.10 Å². The highest BCUT2D eigenvalue weighted by atomic mass is 79.9. The Labute approximate surface area is 154 Å². The van der Waals surface area contributed by atoms with E-state index in [-0.39, 0.29) is 12.5 Å². The molecule has 0 aliphatic rings. The molecule has 1 aromatic carbocycles. The van der Waals surface area contributed by atoms with Crippen LogP contribution < -0.4 is 10.2 Å². The molecule has 0 bridgehead atoms. The molecular weight excluding hydrogens is 384 g/mol. The molecule has 0 unspecified atom stereocenters.